The highest BCUT2D eigenvalue weighted by Gasteiger charge is 2.31. The summed E-state index contributed by atoms with van der Waals surface area (Å²) >= 11 is 0. The maximum Gasteiger partial charge on any atom is 0.274 e. The molecule has 28 heavy (non-hydrogen) atoms. The first-order chi connectivity index (χ1) is 13.7. The third-order valence-electron chi connectivity index (χ3n) is 5.86. The molecule has 2 aliphatic rings. The lowest BCUT2D eigenvalue weighted by atomic mass is 9.91. The molecule has 2 aromatic rings. The second-order valence-electron chi connectivity index (χ2n) is 7.93. The number of nitrogens with zero attached hydrogens (tertiary/aromatic N) is 3. The van der Waals surface area contributed by atoms with Crippen LogP contribution in [0.2, 0.25) is 0 Å². The van der Waals surface area contributed by atoms with Crippen LogP contribution >= 0.6 is 0 Å². The van der Waals surface area contributed by atoms with E-state index in [1.807, 2.05) is 34.7 Å². The van der Waals surface area contributed by atoms with Gasteiger partial charge in [0.15, 0.2) is 5.69 Å². The number of rotatable bonds is 6. The molecule has 1 aliphatic carbocycles. The van der Waals surface area contributed by atoms with E-state index in [0.717, 1.165) is 62.3 Å². The van der Waals surface area contributed by atoms with E-state index in [1.54, 1.807) is 0 Å². The van der Waals surface area contributed by atoms with E-state index < -0.39 is 0 Å². The number of likely N-dealkylation sites (tertiary alicyclic amines) is 1. The summed E-state index contributed by atoms with van der Waals surface area (Å²) in [6.45, 7) is 8.87. The van der Waals surface area contributed by atoms with Gasteiger partial charge in [-0.3, -0.25) is 9.48 Å². The van der Waals surface area contributed by atoms with E-state index >= 15 is 0 Å². The van der Waals surface area contributed by atoms with Gasteiger partial charge in [0.05, 0.1) is 13.1 Å². The monoisotopic (exact) mass is 382 g/mol. The van der Waals surface area contributed by atoms with Gasteiger partial charge in [-0.2, -0.15) is 5.10 Å². The van der Waals surface area contributed by atoms with Gasteiger partial charge in [0.1, 0.15) is 11.5 Å². The van der Waals surface area contributed by atoms with E-state index in [1.165, 1.54) is 12.1 Å². The zero-order chi connectivity index (χ0) is 19.5. The van der Waals surface area contributed by atoms with E-state index in [9.17, 15) is 4.79 Å². The van der Waals surface area contributed by atoms with Crippen molar-refractivity contribution in [1.29, 1.82) is 0 Å². The molecule has 1 amide bonds. The number of fused-ring (bicyclic) bond motifs is 1. The molecule has 1 atom stereocenters. The molecule has 3 heterocycles. The molecule has 1 aliphatic heterocycles. The van der Waals surface area contributed by atoms with Gasteiger partial charge in [-0.25, -0.2) is 0 Å². The largest absolute Gasteiger partial charge is 0.465 e. The van der Waals surface area contributed by atoms with Crippen molar-refractivity contribution in [2.24, 2.45) is 0 Å². The van der Waals surface area contributed by atoms with Crippen LogP contribution in [0.1, 0.15) is 58.9 Å². The van der Waals surface area contributed by atoms with Crippen LogP contribution in [0.4, 0.5) is 0 Å². The number of hydrogen-bond donors (Lipinski definition) is 1. The number of hydrogen-bond acceptors (Lipinski definition) is 4. The number of carbonyl (C=O) groups excluding carboxylic acids is 1. The van der Waals surface area contributed by atoms with Crippen molar-refractivity contribution < 1.29 is 9.21 Å². The highest BCUT2D eigenvalue weighted by Crippen LogP contribution is 2.27. The molecule has 0 radical (unpaired) electrons. The van der Waals surface area contributed by atoms with Gasteiger partial charge in [0, 0.05) is 30.4 Å². The summed E-state index contributed by atoms with van der Waals surface area (Å²) in [7, 11) is 0. The third-order valence-corrected chi connectivity index (χ3v) is 5.86. The minimum absolute atomic E-state index is 0.0982. The van der Waals surface area contributed by atoms with Crippen molar-refractivity contribution >= 4 is 5.91 Å². The fourth-order valence-electron chi connectivity index (χ4n) is 4.38. The Balaban J connectivity index is 1.52. The Morgan fingerprint density at radius 2 is 2.18 bits per heavy atom. The normalized spacial score (nSPS) is 19.5. The van der Waals surface area contributed by atoms with Crippen LogP contribution in [-0.2, 0) is 25.9 Å². The first kappa shape index (κ1) is 19.0. The highest BCUT2D eigenvalue weighted by atomic mass is 16.3. The molecule has 0 saturated carbocycles. The van der Waals surface area contributed by atoms with Gasteiger partial charge >= 0.3 is 0 Å². The number of piperidine rings is 1. The number of aromatic nitrogens is 2. The van der Waals surface area contributed by atoms with E-state index in [4.69, 9.17) is 9.52 Å². The second kappa shape index (κ2) is 8.35. The minimum Gasteiger partial charge on any atom is -0.465 e. The van der Waals surface area contributed by atoms with Crippen LogP contribution in [-0.4, -0.2) is 39.7 Å². The Bertz CT molecular complexity index is 845. The first-order valence-corrected chi connectivity index (χ1v) is 10.4. The molecule has 0 spiro atoms. The average molecular weight is 383 g/mol. The summed E-state index contributed by atoms with van der Waals surface area (Å²) in [6, 6.07) is 4.33. The van der Waals surface area contributed by atoms with E-state index in [2.05, 4.69) is 11.9 Å². The second-order valence-corrected chi connectivity index (χ2v) is 7.93. The highest BCUT2D eigenvalue weighted by molar-refractivity contribution is 5.94. The first-order valence-electron chi connectivity index (χ1n) is 10.4. The van der Waals surface area contributed by atoms with Crippen LogP contribution in [0.3, 0.4) is 0 Å². The Kier molecular flexibility index (Phi) is 5.67. The van der Waals surface area contributed by atoms with Crippen LogP contribution in [0.25, 0.3) is 0 Å². The van der Waals surface area contributed by atoms with Gasteiger partial charge in [-0.1, -0.05) is 6.08 Å². The van der Waals surface area contributed by atoms with Crippen molar-refractivity contribution in [3.05, 3.63) is 53.3 Å². The molecule has 1 fully saturated rings. The van der Waals surface area contributed by atoms with Crippen molar-refractivity contribution in [1.82, 2.24) is 20.0 Å². The molecular weight excluding hydrogens is 352 g/mol. The van der Waals surface area contributed by atoms with Gasteiger partial charge in [0.25, 0.3) is 5.91 Å². The topological polar surface area (TPSA) is 63.3 Å². The molecule has 4 rings (SSSR count). The molecule has 6 heteroatoms. The summed E-state index contributed by atoms with van der Waals surface area (Å²) in [5.41, 5.74) is 2.98. The lowest BCUT2D eigenvalue weighted by Crippen LogP contribution is -2.38. The summed E-state index contributed by atoms with van der Waals surface area (Å²) < 4.78 is 7.65. The lowest BCUT2D eigenvalue weighted by molar-refractivity contribution is 0.0716. The van der Waals surface area contributed by atoms with E-state index in [-0.39, 0.29) is 5.91 Å². The van der Waals surface area contributed by atoms with Crippen molar-refractivity contribution in [3.8, 4) is 0 Å². The minimum atomic E-state index is 0.0982. The zero-order valence-electron chi connectivity index (χ0n) is 16.7. The number of nitrogens with one attached hydrogen (secondary N) is 1. The molecule has 2 aromatic heterocycles. The number of furan rings is 1. The number of allylic oxidation sites excluding steroid dienone is 1. The standard InChI is InChI=1S/C22H30N4O2/c1-3-11-26-20-10-8-17(23-15-18-9-7-16(2)28-18)14-19(20)21(24-26)22(27)25-12-5-4-6-13-25/h3,7,9,17,23H,1,4-6,8,10-15H2,2H3. The number of aryl methyl sites for hydroxylation is 1. The summed E-state index contributed by atoms with van der Waals surface area (Å²) in [5, 5.41) is 8.32. The van der Waals surface area contributed by atoms with Gasteiger partial charge < -0.3 is 14.6 Å². The molecule has 1 N–H and O–H groups in total. The van der Waals surface area contributed by atoms with Crippen LogP contribution in [0, 0.1) is 6.92 Å². The molecule has 1 unspecified atom stereocenters. The molecule has 0 aromatic carbocycles. The van der Waals surface area contributed by atoms with Crippen molar-refractivity contribution in [3.63, 3.8) is 0 Å². The van der Waals surface area contributed by atoms with Crippen LogP contribution in [0.15, 0.2) is 29.2 Å². The summed E-state index contributed by atoms with van der Waals surface area (Å²) in [5.74, 6) is 1.99. The number of amides is 1. The molecule has 150 valence electrons. The van der Waals surface area contributed by atoms with E-state index in [0.29, 0.717) is 24.8 Å². The van der Waals surface area contributed by atoms with Gasteiger partial charge in [-0.15, -0.1) is 6.58 Å². The Morgan fingerprint density at radius 1 is 1.36 bits per heavy atom. The fraction of sp³-hybridized carbons (Fsp3) is 0.545. The maximum atomic E-state index is 13.2. The zero-order valence-corrected chi connectivity index (χ0v) is 16.7. The predicted molar refractivity (Wildman–Crippen MR) is 108 cm³/mol. The Hall–Kier alpha value is -2.34. The molecule has 0 bridgehead atoms. The maximum absolute atomic E-state index is 13.2. The Morgan fingerprint density at radius 3 is 2.89 bits per heavy atom. The smallest absolute Gasteiger partial charge is 0.274 e. The van der Waals surface area contributed by atoms with Crippen LogP contribution in [0.5, 0.6) is 0 Å². The number of carbonyl (C=O) groups is 1. The molecular formula is C22H30N4O2. The van der Waals surface area contributed by atoms with Gasteiger partial charge in [0.2, 0.25) is 0 Å². The SMILES string of the molecule is C=CCn1nc(C(=O)N2CCCCC2)c2c1CCC(NCc1ccc(C)o1)C2. The summed E-state index contributed by atoms with van der Waals surface area (Å²) in [4.78, 5) is 15.1. The quantitative estimate of drug-likeness (QED) is 0.779. The van der Waals surface area contributed by atoms with Gasteiger partial charge in [-0.05, 0) is 57.6 Å². The molecule has 1 saturated heterocycles. The lowest BCUT2D eigenvalue weighted by Gasteiger charge is -2.27. The Labute approximate surface area is 166 Å². The summed E-state index contributed by atoms with van der Waals surface area (Å²) in [6.07, 6.45) is 8.05. The predicted octanol–water partition coefficient (Wildman–Crippen LogP) is 3.24. The van der Waals surface area contributed by atoms with Crippen molar-refractivity contribution in [2.45, 2.75) is 64.6 Å². The van der Waals surface area contributed by atoms with Crippen LogP contribution < -0.4 is 5.32 Å². The third kappa shape index (κ3) is 3.92. The van der Waals surface area contributed by atoms with Crippen molar-refractivity contribution in [2.75, 3.05) is 13.1 Å². The average Bonchev–Trinajstić information content (AvgIpc) is 3.30. The molecule has 6 nitrogen and oxygen atoms in total. The fourth-order valence-corrected chi connectivity index (χ4v) is 4.38.